The van der Waals surface area contributed by atoms with Gasteiger partial charge in [-0.3, -0.25) is 4.79 Å². The van der Waals surface area contributed by atoms with Gasteiger partial charge in [-0.1, -0.05) is 34.1 Å². The average molecular weight is 230 g/mol. The molecule has 0 radical (unpaired) electrons. The molecule has 16 heavy (non-hydrogen) atoms. The van der Waals surface area contributed by atoms with Crippen LogP contribution < -0.4 is 0 Å². The van der Waals surface area contributed by atoms with E-state index in [0.717, 1.165) is 19.3 Å². The minimum Gasteiger partial charge on any atom is -0.463 e. The lowest BCUT2D eigenvalue weighted by molar-refractivity contribution is -0.161. The molecular weight excluding hydrogens is 204 g/mol. The van der Waals surface area contributed by atoms with E-state index >= 15 is 0 Å². The summed E-state index contributed by atoms with van der Waals surface area (Å²) in [5.41, 5.74) is -0.317. The summed E-state index contributed by atoms with van der Waals surface area (Å²) in [6, 6.07) is 0. The number of carbonyl (C=O) groups is 1. The first kappa shape index (κ1) is 15.4. The normalized spacial score (nSPS) is 13.6. The van der Waals surface area contributed by atoms with Crippen molar-refractivity contribution in [3.63, 3.8) is 0 Å². The first-order valence-electron chi connectivity index (χ1n) is 6.25. The largest absolute Gasteiger partial charge is 0.463 e. The lowest BCUT2D eigenvalue weighted by atomic mass is 9.71. The Kier molecular flexibility index (Phi) is 7.39. The predicted octanol–water partition coefficient (Wildman–Crippen LogP) is 3.03. The molecule has 3 heteroatoms. The fourth-order valence-corrected chi connectivity index (χ4v) is 2.19. The van der Waals surface area contributed by atoms with Crippen LogP contribution in [0.25, 0.3) is 0 Å². The molecule has 0 aromatic carbocycles. The molecule has 0 rings (SSSR count). The Morgan fingerprint density at radius 2 is 1.75 bits per heavy atom. The molecule has 0 aliphatic carbocycles. The van der Waals surface area contributed by atoms with Crippen molar-refractivity contribution in [3.8, 4) is 0 Å². The van der Waals surface area contributed by atoms with Crippen molar-refractivity contribution in [2.24, 2.45) is 11.3 Å². The smallest absolute Gasteiger partial charge is 0.312 e. The summed E-state index contributed by atoms with van der Waals surface area (Å²) < 4.78 is 10.2. The Balaban J connectivity index is 4.56. The van der Waals surface area contributed by atoms with Gasteiger partial charge in [0.25, 0.3) is 0 Å². The van der Waals surface area contributed by atoms with Crippen molar-refractivity contribution in [3.05, 3.63) is 0 Å². The minimum atomic E-state index is -0.317. The third-order valence-electron chi connectivity index (χ3n) is 3.74. The number of rotatable bonds is 8. The van der Waals surface area contributed by atoms with E-state index in [1.165, 1.54) is 0 Å². The highest BCUT2D eigenvalue weighted by atomic mass is 16.6. The first-order chi connectivity index (χ1) is 7.58. The van der Waals surface area contributed by atoms with Crippen molar-refractivity contribution < 1.29 is 14.3 Å². The number of ether oxygens (including phenoxy) is 2. The highest BCUT2D eigenvalue weighted by Crippen LogP contribution is 2.38. The van der Waals surface area contributed by atoms with Crippen LogP contribution in [0.5, 0.6) is 0 Å². The van der Waals surface area contributed by atoms with Crippen LogP contribution in [0.2, 0.25) is 0 Å². The van der Waals surface area contributed by atoms with Crippen LogP contribution >= 0.6 is 0 Å². The van der Waals surface area contributed by atoms with E-state index in [0.29, 0.717) is 19.1 Å². The van der Waals surface area contributed by atoms with Gasteiger partial charge in [0.2, 0.25) is 0 Å². The number of carbonyl (C=O) groups excluding carboxylic acids is 1. The zero-order valence-corrected chi connectivity index (χ0v) is 11.3. The summed E-state index contributed by atoms with van der Waals surface area (Å²) in [4.78, 5) is 12.1. The molecule has 0 amide bonds. The molecule has 0 heterocycles. The predicted molar refractivity (Wildman–Crippen MR) is 65.3 cm³/mol. The molecule has 3 nitrogen and oxygen atoms in total. The Bertz CT molecular complexity index is 197. The highest BCUT2D eigenvalue weighted by molar-refractivity contribution is 5.77. The molecule has 96 valence electrons. The van der Waals surface area contributed by atoms with Crippen molar-refractivity contribution in [2.45, 2.75) is 47.0 Å². The van der Waals surface area contributed by atoms with Gasteiger partial charge < -0.3 is 9.47 Å². The molecule has 0 spiro atoms. The van der Waals surface area contributed by atoms with Crippen LogP contribution in [0.3, 0.4) is 0 Å². The van der Waals surface area contributed by atoms with Crippen LogP contribution in [0.4, 0.5) is 0 Å². The molecule has 0 saturated heterocycles. The summed E-state index contributed by atoms with van der Waals surface area (Å²) >= 11 is 0. The van der Waals surface area contributed by atoms with E-state index in [1.807, 2.05) is 0 Å². The van der Waals surface area contributed by atoms with Gasteiger partial charge in [-0.15, -0.1) is 0 Å². The summed E-state index contributed by atoms with van der Waals surface area (Å²) in [6.45, 7) is 9.20. The number of hydrogen-bond acceptors (Lipinski definition) is 3. The Morgan fingerprint density at radius 3 is 2.12 bits per heavy atom. The van der Waals surface area contributed by atoms with Crippen molar-refractivity contribution in [2.75, 3.05) is 20.3 Å². The second kappa shape index (κ2) is 7.66. The number of hydrogen-bond donors (Lipinski definition) is 0. The SMILES string of the molecule is CCC(C)C(CC)(CC)C(=O)OCCOC. The lowest BCUT2D eigenvalue weighted by Gasteiger charge is -2.34. The summed E-state index contributed by atoms with van der Waals surface area (Å²) in [6.07, 6.45) is 2.68. The molecule has 0 aromatic heterocycles. The molecule has 0 N–H and O–H groups in total. The van der Waals surface area contributed by atoms with Gasteiger partial charge in [0.1, 0.15) is 6.61 Å². The molecule has 1 atom stereocenters. The van der Waals surface area contributed by atoms with Crippen LogP contribution in [0, 0.1) is 11.3 Å². The fraction of sp³-hybridized carbons (Fsp3) is 0.923. The van der Waals surface area contributed by atoms with E-state index in [2.05, 4.69) is 27.7 Å². The Hall–Kier alpha value is -0.570. The molecule has 1 unspecified atom stereocenters. The Labute approximate surface area is 99.5 Å². The van der Waals surface area contributed by atoms with Crippen LogP contribution in [0.15, 0.2) is 0 Å². The maximum Gasteiger partial charge on any atom is 0.312 e. The topological polar surface area (TPSA) is 35.5 Å². The van der Waals surface area contributed by atoms with Gasteiger partial charge in [0.05, 0.1) is 12.0 Å². The molecule has 0 aliphatic heterocycles. The molecule has 0 aliphatic rings. The van der Waals surface area contributed by atoms with E-state index in [4.69, 9.17) is 9.47 Å². The van der Waals surface area contributed by atoms with Gasteiger partial charge in [0.15, 0.2) is 0 Å². The first-order valence-corrected chi connectivity index (χ1v) is 6.25. The maximum atomic E-state index is 12.1. The zero-order chi connectivity index (χ0) is 12.6. The van der Waals surface area contributed by atoms with Crippen LogP contribution in [0.1, 0.15) is 47.0 Å². The summed E-state index contributed by atoms with van der Waals surface area (Å²) in [7, 11) is 1.61. The second-order valence-electron chi connectivity index (χ2n) is 4.30. The summed E-state index contributed by atoms with van der Waals surface area (Å²) in [5, 5.41) is 0. The van der Waals surface area contributed by atoms with Crippen LogP contribution in [-0.2, 0) is 14.3 Å². The molecule has 0 bridgehead atoms. The zero-order valence-electron chi connectivity index (χ0n) is 11.3. The second-order valence-corrected chi connectivity index (χ2v) is 4.30. The number of esters is 1. The Morgan fingerprint density at radius 1 is 1.19 bits per heavy atom. The number of methoxy groups -OCH3 is 1. The van der Waals surface area contributed by atoms with Crippen molar-refractivity contribution in [1.82, 2.24) is 0 Å². The minimum absolute atomic E-state index is 0.0658. The van der Waals surface area contributed by atoms with Gasteiger partial charge in [-0.05, 0) is 18.8 Å². The van der Waals surface area contributed by atoms with Gasteiger partial charge in [-0.25, -0.2) is 0 Å². The van der Waals surface area contributed by atoms with Crippen molar-refractivity contribution in [1.29, 1.82) is 0 Å². The monoisotopic (exact) mass is 230 g/mol. The molecule has 0 saturated carbocycles. The average Bonchev–Trinajstić information content (AvgIpc) is 2.31. The van der Waals surface area contributed by atoms with Crippen molar-refractivity contribution >= 4 is 5.97 Å². The maximum absolute atomic E-state index is 12.1. The third kappa shape index (κ3) is 3.48. The van der Waals surface area contributed by atoms with E-state index in [9.17, 15) is 4.79 Å². The van der Waals surface area contributed by atoms with Gasteiger partial charge in [-0.2, -0.15) is 0 Å². The van der Waals surface area contributed by atoms with E-state index in [-0.39, 0.29) is 11.4 Å². The van der Waals surface area contributed by atoms with Gasteiger partial charge in [0, 0.05) is 7.11 Å². The highest BCUT2D eigenvalue weighted by Gasteiger charge is 2.40. The van der Waals surface area contributed by atoms with Gasteiger partial charge >= 0.3 is 5.97 Å². The third-order valence-corrected chi connectivity index (χ3v) is 3.74. The standard InChI is InChI=1S/C13H26O3/c1-6-11(4)13(7-2,8-3)12(14)16-10-9-15-5/h11H,6-10H2,1-5H3. The molecule has 0 aromatic rings. The van der Waals surface area contributed by atoms with E-state index in [1.54, 1.807) is 7.11 Å². The fourth-order valence-electron chi connectivity index (χ4n) is 2.19. The van der Waals surface area contributed by atoms with Crippen LogP contribution in [-0.4, -0.2) is 26.3 Å². The summed E-state index contributed by atoms with van der Waals surface area (Å²) in [5.74, 6) is 0.293. The lowest BCUT2D eigenvalue weighted by Crippen LogP contribution is -2.38. The molecular formula is C13H26O3. The molecule has 0 fully saturated rings. The van der Waals surface area contributed by atoms with E-state index < -0.39 is 0 Å². The quantitative estimate of drug-likeness (QED) is 0.475.